The summed E-state index contributed by atoms with van der Waals surface area (Å²) in [4.78, 5) is 6.45. The molecular weight excluding hydrogens is 222 g/mol. The lowest BCUT2D eigenvalue weighted by Gasteiger charge is -2.27. The lowest BCUT2D eigenvalue weighted by molar-refractivity contribution is 0.0559. The van der Waals surface area contributed by atoms with Gasteiger partial charge in [0.1, 0.15) is 5.82 Å². The quantitative estimate of drug-likeness (QED) is 0.874. The number of aliphatic hydroxyl groups is 1. The molecule has 1 aromatic rings. The van der Waals surface area contributed by atoms with Crippen LogP contribution in [0.1, 0.15) is 38.4 Å². The molecular formula is C11H19N3OS. The minimum absolute atomic E-state index is 0.507. The van der Waals surface area contributed by atoms with Crippen LogP contribution >= 0.6 is 11.5 Å². The van der Waals surface area contributed by atoms with Gasteiger partial charge in [-0.2, -0.15) is 4.37 Å². The van der Waals surface area contributed by atoms with Crippen LogP contribution in [-0.4, -0.2) is 33.7 Å². The zero-order valence-electron chi connectivity index (χ0n) is 9.94. The fourth-order valence-electron chi connectivity index (χ4n) is 2.24. The summed E-state index contributed by atoms with van der Waals surface area (Å²) in [5, 5.41) is 11.2. The smallest absolute Gasteiger partial charge is 0.205 e. The second-order valence-corrected chi connectivity index (χ2v) is 5.36. The Morgan fingerprint density at radius 2 is 2.12 bits per heavy atom. The highest BCUT2D eigenvalue weighted by molar-refractivity contribution is 7.09. The summed E-state index contributed by atoms with van der Waals surface area (Å²) in [5.74, 6) is 0.894. The summed E-state index contributed by atoms with van der Waals surface area (Å²) in [6.07, 6.45) is 4.98. The third-order valence-electron chi connectivity index (χ3n) is 3.17. The summed E-state index contributed by atoms with van der Waals surface area (Å²) in [6.45, 7) is 2.72. The van der Waals surface area contributed by atoms with Crippen LogP contribution in [0.2, 0.25) is 0 Å². The number of aromatic nitrogens is 2. The molecule has 90 valence electrons. The molecule has 1 fully saturated rings. The Morgan fingerprint density at radius 3 is 2.69 bits per heavy atom. The average Bonchev–Trinajstić information content (AvgIpc) is 2.86. The first-order chi connectivity index (χ1) is 7.63. The number of anilines is 1. The van der Waals surface area contributed by atoms with Crippen LogP contribution in [0.3, 0.4) is 0 Å². The Balaban J connectivity index is 1.99. The van der Waals surface area contributed by atoms with E-state index in [-0.39, 0.29) is 0 Å². The molecule has 1 heterocycles. The summed E-state index contributed by atoms with van der Waals surface area (Å²) in [5.41, 5.74) is -0.507. The van der Waals surface area contributed by atoms with Gasteiger partial charge < -0.3 is 10.0 Å². The van der Waals surface area contributed by atoms with Crippen molar-refractivity contribution in [3.8, 4) is 0 Å². The number of hydrogen-bond donors (Lipinski definition) is 1. The summed E-state index contributed by atoms with van der Waals surface area (Å²) >= 11 is 1.42. The monoisotopic (exact) mass is 241 g/mol. The van der Waals surface area contributed by atoms with E-state index in [9.17, 15) is 5.11 Å². The Labute approximate surface area is 100 Å². The molecule has 2 rings (SSSR count). The molecule has 1 aromatic heterocycles. The van der Waals surface area contributed by atoms with Crippen molar-refractivity contribution in [2.75, 3.05) is 18.5 Å². The predicted molar refractivity (Wildman–Crippen MR) is 66.0 cm³/mol. The Bertz CT molecular complexity index is 347. The van der Waals surface area contributed by atoms with E-state index in [2.05, 4.69) is 16.3 Å². The molecule has 0 amide bonds. The van der Waals surface area contributed by atoms with Crippen molar-refractivity contribution in [2.24, 2.45) is 0 Å². The molecule has 1 aliphatic rings. The van der Waals surface area contributed by atoms with Gasteiger partial charge in [-0.15, -0.1) is 0 Å². The van der Waals surface area contributed by atoms with Gasteiger partial charge in [0.25, 0.3) is 0 Å². The van der Waals surface area contributed by atoms with E-state index in [0.29, 0.717) is 6.54 Å². The number of nitrogens with zero attached hydrogens (tertiary/aromatic N) is 3. The van der Waals surface area contributed by atoms with Crippen molar-refractivity contribution in [2.45, 2.75) is 44.6 Å². The Hall–Kier alpha value is -0.680. The zero-order chi connectivity index (χ0) is 11.6. The lowest BCUT2D eigenvalue weighted by Crippen LogP contribution is -2.39. The van der Waals surface area contributed by atoms with Crippen molar-refractivity contribution in [3.05, 3.63) is 5.82 Å². The van der Waals surface area contributed by atoms with Crippen molar-refractivity contribution < 1.29 is 5.11 Å². The number of hydrogen-bond acceptors (Lipinski definition) is 5. The van der Waals surface area contributed by atoms with Gasteiger partial charge >= 0.3 is 0 Å². The maximum atomic E-state index is 10.3. The molecule has 0 bridgehead atoms. The number of aryl methyl sites for hydroxylation is 1. The van der Waals surface area contributed by atoms with E-state index in [1.165, 1.54) is 11.5 Å². The van der Waals surface area contributed by atoms with E-state index < -0.39 is 5.60 Å². The van der Waals surface area contributed by atoms with E-state index in [4.69, 9.17) is 0 Å². The predicted octanol–water partition coefficient (Wildman–Crippen LogP) is 1.84. The maximum Gasteiger partial charge on any atom is 0.205 e. The van der Waals surface area contributed by atoms with Crippen LogP contribution in [0.15, 0.2) is 0 Å². The SMILES string of the molecule is CCc1nsc(N(C)CC2(O)CCCC2)n1. The molecule has 4 nitrogen and oxygen atoms in total. The molecule has 0 atom stereocenters. The van der Waals surface area contributed by atoms with Crippen LogP contribution in [0.4, 0.5) is 5.13 Å². The molecule has 1 aliphatic carbocycles. The summed E-state index contributed by atoms with van der Waals surface area (Å²) in [6, 6.07) is 0. The van der Waals surface area contributed by atoms with Crippen molar-refractivity contribution in [3.63, 3.8) is 0 Å². The third kappa shape index (κ3) is 2.52. The molecule has 0 spiro atoms. The van der Waals surface area contributed by atoms with E-state index in [1.807, 2.05) is 11.9 Å². The molecule has 0 aliphatic heterocycles. The summed E-state index contributed by atoms with van der Waals surface area (Å²) < 4.78 is 4.26. The molecule has 0 radical (unpaired) electrons. The summed E-state index contributed by atoms with van der Waals surface area (Å²) in [7, 11) is 1.98. The standard InChI is InChI=1S/C11H19N3OS/c1-3-9-12-10(16-13-9)14(2)8-11(15)6-4-5-7-11/h15H,3-8H2,1-2H3. The topological polar surface area (TPSA) is 49.2 Å². The first-order valence-electron chi connectivity index (χ1n) is 5.89. The van der Waals surface area contributed by atoms with Crippen LogP contribution in [-0.2, 0) is 6.42 Å². The van der Waals surface area contributed by atoms with Crippen molar-refractivity contribution in [1.82, 2.24) is 9.36 Å². The first-order valence-corrected chi connectivity index (χ1v) is 6.66. The largest absolute Gasteiger partial charge is 0.388 e. The molecule has 0 aromatic carbocycles. The second kappa shape index (κ2) is 4.67. The highest BCUT2D eigenvalue weighted by atomic mass is 32.1. The lowest BCUT2D eigenvalue weighted by atomic mass is 10.0. The van der Waals surface area contributed by atoms with Gasteiger partial charge in [-0.05, 0) is 12.8 Å². The third-order valence-corrected chi connectivity index (χ3v) is 4.03. The molecule has 1 N–H and O–H groups in total. The van der Waals surface area contributed by atoms with Gasteiger partial charge in [-0.3, -0.25) is 0 Å². The van der Waals surface area contributed by atoms with Crippen molar-refractivity contribution >= 4 is 16.7 Å². The fourth-order valence-corrected chi connectivity index (χ4v) is 2.95. The average molecular weight is 241 g/mol. The van der Waals surface area contributed by atoms with Crippen LogP contribution < -0.4 is 4.90 Å². The van der Waals surface area contributed by atoms with E-state index in [0.717, 1.165) is 43.1 Å². The molecule has 5 heteroatoms. The van der Waals surface area contributed by atoms with Crippen molar-refractivity contribution in [1.29, 1.82) is 0 Å². The maximum absolute atomic E-state index is 10.3. The van der Waals surface area contributed by atoms with Gasteiger partial charge in [0.2, 0.25) is 5.13 Å². The van der Waals surface area contributed by atoms with Crippen LogP contribution in [0, 0.1) is 0 Å². The molecule has 0 unspecified atom stereocenters. The highest BCUT2D eigenvalue weighted by Crippen LogP contribution is 2.31. The minimum atomic E-state index is -0.507. The Morgan fingerprint density at radius 1 is 1.44 bits per heavy atom. The van der Waals surface area contributed by atoms with Gasteiger partial charge in [-0.1, -0.05) is 19.8 Å². The normalized spacial score (nSPS) is 18.9. The molecule has 0 saturated heterocycles. The second-order valence-electron chi connectivity index (χ2n) is 4.63. The zero-order valence-corrected chi connectivity index (χ0v) is 10.8. The van der Waals surface area contributed by atoms with Gasteiger partial charge in [-0.25, -0.2) is 4.98 Å². The molecule has 16 heavy (non-hydrogen) atoms. The highest BCUT2D eigenvalue weighted by Gasteiger charge is 2.32. The van der Waals surface area contributed by atoms with Crippen LogP contribution in [0.25, 0.3) is 0 Å². The Kier molecular flexibility index (Phi) is 3.44. The van der Waals surface area contributed by atoms with E-state index >= 15 is 0 Å². The van der Waals surface area contributed by atoms with E-state index in [1.54, 1.807) is 0 Å². The molecule has 1 saturated carbocycles. The van der Waals surface area contributed by atoms with Crippen LogP contribution in [0.5, 0.6) is 0 Å². The van der Waals surface area contributed by atoms with Gasteiger partial charge in [0.15, 0.2) is 0 Å². The number of likely N-dealkylation sites (N-methyl/N-ethyl adjacent to an activating group) is 1. The van der Waals surface area contributed by atoms with Gasteiger partial charge in [0, 0.05) is 31.5 Å². The fraction of sp³-hybridized carbons (Fsp3) is 0.818. The minimum Gasteiger partial charge on any atom is -0.388 e. The number of rotatable bonds is 4. The first kappa shape index (κ1) is 11.8. The van der Waals surface area contributed by atoms with Gasteiger partial charge in [0.05, 0.1) is 5.60 Å².